The number of hydrogen-bond donors (Lipinski definition) is 3. The molecule has 3 N–H and O–H groups in total. The summed E-state index contributed by atoms with van der Waals surface area (Å²) < 4.78 is 68.4. The van der Waals surface area contributed by atoms with Crippen LogP contribution in [0.3, 0.4) is 0 Å². The Morgan fingerprint density at radius 1 is 1.07 bits per heavy atom. The summed E-state index contributed by atoms with van der Waals surface area (Å²) in [4.78, 5) is 11.3. The van der Waals surface area contributed by atoms with Gasteiger partial charge >= 0.3 is 12.2 Å². The maximum absolute atomic E-state index is 13.3. The maximum Gasteiger partial charge on any atom is 0.417 e. The number of ether oxygens (including phenoxy) is 1. The Bertz CT molecular complexity index is 1040. The highest BCUT2D eigenvalue weighted by Gasteiger charge is 2.37. The van der Waals surface area contributed by atoms with E-state index < -0.39 is 32.5 Å². The molecule has 0 bridgehead atoms. The van der Waals surface area contributed by atoms with Gasteiger partial charge in [0.1, 0.15) is 5.75 Å². The molecule has 0 aliphatic rings. The van der Waals surface area contributed by atoms with E-state index >= 15 is 0 Å². The van der Waals surface area contributed by atoms with Gasteiger partial charge in [0.2, 0.25) is 0 Å². The van der Waals surface area contributed by atoms with Gasteiger partial charge in [-0.2, -0.15) is 13.2 Å². The summed E-state index contributed by atoms with van der Waals surface area (Å²) in [6, 6.07) is 5.85. The molecule has 0 atom stereocenters. The maximum atomic E-state index is 13.3. The molecule has 2 aromatic carbocycles. The number of carbonyl (C=O) groups excluding carboxylic acids is 1. The van der Waals surface area contributed by atoms with E-state index in [0.29, 0.717) is 23.8 Å². The number of alkyl halides is 3. The van der Waals surface area contributed by atoms with Gasteiger partial charge in [0.25, 0.3) is 0 Å². The zero-order valence-electron chi connectivity index (χ0n) is 16.1. The number of nitrogens with one attached hydrogen (secondary N) is 3. The van der Waals surface area contributed by atoms with Gasteiger partial charge in [0, 0.05) is 6.26 Å². The average molecular weight is 431 g/mol. The van der Waals surface area contributed by atoms with E-state index in [-0.39, 0.29) is 11.3 Å². The van der Waals surface area contributed by atoms with Crippen molar-refractivity contribution in [1.29, 1.82) is 0 Å². The molecule has 0 fully saturated rings. The minimum absolute atomic E-state index is 0.101. The number of halogens is 3. The van der Waals surface area contributed by atoms with Crippen LogP contribution in [0.25, 0.3) is 0 Å². The van der Waals surface area contributed by atoms with Gasteiger partial charge in [0.15, 0.2) is 9.84 Å². The molecular weight excluding hydrogens is 411 g/mol. The number of carbonyl (C=O) groups is 1. The second kappa shape index (κ2) is 8.19. The Labute approximate surface area is 166 Å². The second-order valence-electron chi connectivity index (χ2n) is 6.34. The zero-order valence-corrected chi connectivity index (χ0v) is 16.9. The van der Waals surface area contributed by atoms with Gasteiger partial charge in [-0.1, -0.05) is 6.07 Å². The number of anilines is 2. The minimum atomic E-state index is -4.89. The molecule has 29 heavy (non-hydrogen) atoms. The van der Waals surface area contributed by atoms with Crippen LogP contribution in [0, 0.1) is 13.8 Å². The summed E-state index contributed by atoms with van der Waals surface area (Å²) in [5.41, 5.74) is 4.64. The third kappa shape index (κ3) is 5.53. The lowest BCUT2D eigenvalue weighted by atomic mass is 10.1. The molecule has 0 spiro atoms. The molecule has 2 aromatic rings. The van der Waals surface area contributed by atoms with Crippen LogP contribution in [0.5, 0.6) is 5.75 Å². The standard InChI is InChI=1S/C18H20F3N3O4S/c1-10-5-6-13(15(7-10)28-3)22-17(25)24-23-14-9-12(18(19,20)21)16(8-11(14)2)29(4,26)27/h5-9,23H,1-4H3,(H2,22,24,25). The summed E-state index contributed by atoms with van der Waals surface area (Å²) in [6.45, 7) is 3.26. The Morgan fingerprint density at radius 3 is 2.28 bits per heavy atom. The fraction of sp³-hybridized carbons (Fsp3) is 0.278. The Balaban J connectivity index is 2.23. The van der Waals surface area contributed by atoms with E-state index in [2.05, 4.69) is 16.2 Å². The number of rotatable bonds is 5. The largest absolute Gasteiger partial charge is 0.495 e. The first-order valence-corrected chi connectivity index (χ1v) is 10.1. The molecule has 11 heteroatoms. The average Bonchev–Trinajstić information content (AvgIpc) is 2.60. The second-order valence-corrected chi connectivity index (χ2v) is 8.33. The molecule has 2 rings (SSSR count). The first-order valence-electron chi connectivity index (χ1n) is 8.22. The summed E-state index contributed by atoms with van der Waals surface area (Å²) in [5, 5.41) is 2.50. The predicted octanol–water partition coefficient (Wildman–Crippen LogP) is 3.88. The molecule has 0 aromatic heterocycles. The van der Waals surface area contributed by atoms with E-state index in [9.17, 15) is 26.4 Å². The molecule has 7 nitrogen and oxygen atoms in total. The summed E-state index contributed by atoms with van der Waals surface area (Å²) in [5.74, 6) is 0.410. The number of sulfone groups is 1. The molecule has 0 saturated heterocycles. The summed E-state index contributed by atoms with van der Waals surface area (Å²) >= 11 is 0. The Hall–Kier alpha value is -2.95. The monoisotopic (exact) mass is 431 g/mol. The third-order valence-electron chi connectivity index (χ3n) is 3.95. The van der Waals surface area contributed by atoms with Crippen molar-refractivity contribution in [2.45, 2.75) is 24.9 Å². The van der Waals surface area contributed by atoms with Crippen molar-refractivity contribution in [3.8, 4) is 5.75 Å². The number of urea groups is 1. The van der Waals surface area contributed by atoms with Crippen molar-refractivity contribution < 1.29 is 31.1 Å². The highest BCUT2D eigenvalue weighted by atomic mass is 32.2. The molecule has 0 heterocycles. The van der Waals surface area contributed by atoms with E-state index in [4.69, 9.17) is 4.74 Å². The van der Waals surface area contributed by atoms with Crippen molar-refractivity contribution >= 4 is 27.2 Å². The highest BCUT2D eigenvalue weighted by Crippen LogP contribution is 2.37. The fourth-order valence-corrected chi connectivity index (χ4v) is 3.49. The highest BCUT2D eigenvalue weighted by molar-refractivity contribution is 7.90. The van der Waals surface area contributed by atoms with Crippen LogP contribution >= 0.6 is 0 Å². The Morgan fingerprint density at radius 2 is 1.72 bits per heavy atom. The van der Waals surface area contributed by atoms with Crippen molar-refractivity contribution in [1.82, 2.24) is 5.43 Å². The van der Waals surface area contributed by atoms with Crippen LogP contribution in [-0.4, -0.2) is 27.8 Å². The normalized spacial score (nSPS) is 11.7. The van der Waals surface area contributed by atoms with Gasteiger partial charge < -0.3 is 10.1 Å². The Kier molecular flexibility index (Phi) is 6.31. The van der Waals surface area contributed by atoms with Crippen LogP contribution in [0.4, 0.5) is 29.3 Å². The topological polar surface area (TPSA) is 96.5 Å². The van der Waals surface area contributed by atoms with Crippen molar-refractivity contribution in [3.05, 3.63) is 47.0 Å². The minimum Gasteiger partial charge on any atom is -0.495 e. The van der Waals surface area contributed by atoms with E-state index in [1.807, 2.05) is 6.92 Å². The predicted molar refractivity (Wildman–Crippen MR) is 103 cm³/mol. The number of amides is 2. The molecule has 0 aliphatic heterocycles. The molecule has 0 radical (unpaired) electrons. The van der Waals surface area contributed by atoms with Crippen molar-refractivity contribution in [3.63, 3.8) is 0 Å². The molecule has 0 saturated carbocycles. The molecule has 158 valence electrons. The van der Waals surface area contributed by atoms with Gasteiger partial charge in [-0.05, 0) is 49.2 Å². The van der Waals surface area contributed by atoms with Crippen LogP contribution in [0.1, 0.15) is 16.7 Å². The van der Waals surface area contributed by atoms with Gasteiger partial charge in [-0.25, -0.2) is 13.2 Å². The molecule has 2 amide bonds. The smallest absolute Gasteiger partial charge is 0.417 e. The van der Waals surface area contributed by atoms with Crippen LogP contribution in [-0.2, 0) is 16.0 Å². The van der Waals surface area contributed by atoms with Crippen LogP contribution < -0.4 is 20.9 Å². The van der Waals surface area contributed by atoms with Gasteiger partial charge in [-0.3, -0.25) is 10.9 Å². The number of aryl methyl sites for hydroxylation is 2. The molecule has 0 aliphatic carbocycles. The summed E-state index contributed by atoms with van der Waals surface area (Å²) in [6.07, 6.45) is -4.19. The summed E-state index contributed by atoms with van der Waals surface area (Å²) in [7, 11) is -2.67. The molecule has 0 unspecified atom stereocenters. The number of methoxy groups -OCH3 is 1. The lowest BCUT2D eigenvalue weighted by Gasteiger charge is -2.18. The number of hydrazine groups is 1. The van der Waals surface area contributed by atoms with Gasteiger partial charge in [0.05, 0.1) is 28.9 Å². The van der Waals surface area contributed by atoms with E-state index in [1.165, 1.54) is 14.0 Å². The van der Waals surface area contributed by atoms with E-state index in [0.717, 1.165) is 11.6 Å². The quantitative estimate of drug-likeness (QED) is 0.625. The first kappa shape index (κ1) is 22.3. The van der Waals surface area contributed by atoms with Gasteiger partial charge in [-0.15, -0.1) is 0 Å². The van der Waals surface area contributed by atoms with Crippen LogP contribution in [0.15, 0.2) is 35.2 Å². The molecular formula is C18H20F3N3O4S. The number of benzene rings is 2. The number of hydrogen-bond acceptors (Lipinski definition) is 5. The van der Waals surface area contributed by atoms with Crippen molar-refractivity contribution in [2.24, 2.45) is 0 Å². The fourth-order valence-electron chi connectivity index (χ4n) is 2.52. The van der Waals surface area contributed by atoms with Crippen LogP contribution in [0.2, 0.25) is 0 Å². The lowest BCUT2D eigenvalue weighted by Crippen LogP contribution is -2.34. The first-order chi connectivity index (χ1) is 13.3. The SMILES string of the molecule is COc1cc(C)ccc1NC(=O)NNc1cc(C(F)(F)F)c(S(C)(=O)=O)cc1C. The van der Waals surface area contributed by atoms with E-state index in [1.54, 1.807) is 18.2 Å². The zero-order chi connectivity index (χ0) is 22.0. The lowest BCUT2D eigenvalue weighted by molar-refractivity contribution is -0.139. The third-order valence-corrected chi connectivity index (χ3v) is 5.08. The van der Waals surface area contributed by atoms with Crippen molar-refractivity contribution in [2.75, 3.05) is 24.1 Å².